The van der Waals surface area contributed by atoms with E-state index in [0.29, 0.717) is 6.04 Å². The van der Waals surface area contributed by atoms with Crippen LogP contribution < -0.4 is 5.32 Å². The highest BCUT2D eigenvalue weighted by Crippen LogP contribution is 2.22. The zero-order valence-electron chi connectivity index (χ0n) is 14.2. The van der Waals surface area contributed by atoms with Gasteiger partial charge in [0.1, 0.15) is 0 Å². The molecule has 1 saturated heterocycles. The average molecular weight is 313 g/mol. The van der Waals surface area contributed by atoms with Crippen molar-refractivity contribution in [3.05, 3.63) is 36.0 Å². The first-order chi connectivity index (χ1) is 11.2. The molecule has 1 aliphatic heterocycles. The van der Waals surface area contributed by atoms with Gasteiger partial charge in [-0.15, -0.1) is 0 Å². The van der Waals surface area contributed by atoms with E-state index in [9.17, 15) is 4.79 Å². The number of likely N-dealkylation sites (tertiary alicyclic amines) is 1. The number of nitrogens with one attached hydrogen (secondary N) is 1. The van der Waals surface area contributed by atoms with Gasteiger partial charge in [0.05, 0.1) is 5.56 Å². The molecular weight excluding hydrogens is 286 g/mol. The Balaban J connectivity index is 1.75. The summed E-state index contributed by atoms with van der Waals surface area (Å²) in [5, 5.41) is 4.21. The van der Waals surface area contributed by atoms with Crippen LogP contribution in [-0.4, -0.2) is 41.1 Å². The predicted octanol–water partition coefficient (Wildman–Crippen LogP) is 3.27. The maximum Gasteiger partial charge on any atom is 0.253 e. The molecule has 0 unspecified atom stereocenters. The normalized spacial score (nSPS) is 18.6. The van der Waals surface area contributed by atoms with Crippen molar-refractivity contribution in [1.29, 1.82) is 0 Å². The van der Waals surface area contributed by atoms with Crippen LogP contribution in [0.3, 0.4) is 0 Å². The van der Waals surface area contributed by atoms with Gasteiger partial charge in [-0.25, -0.2) is 0 Å². The summed E-state index contributed by atoms with van der Waals surface area (Å²) in [7, 11) is 0. The molecule has 2 aromatic rings. The molecule has 1 atom stereocenters. The SMILES string of the molecule is CCCn1cc(C(=O)NC[C@H]2CCCN2CC)c2ccccc21. The van der Waals surface area contributed by atoms with Gasteiger partial charge >= 0.3 is 0 Å². The lowest BCUT2D eigenvalue weighted by molar-refractivity contribution is 0.0943. The summed E-state index contributed by atoms with van der Waals surface area (Å²) >= 11 is 0. The van der Waals surface area contributed by atoms with Crippen LogP contribution in [0.4, 0.5) is 0 Å². The number of aromatic nitrogens is 1. The van der Waals surface area contributed by atoms with Gasteiger partial charge < -0.3 is 9.88 Å². The van der Waals surface area contributed by atoms with Crippen LogP contribution >= 0.6 is 0 Å². The van der Waals surface area contributed by atoms with Crippen LogP contribution in [0.2, 0.25) is 0 Å². The number of benzene rings is 1. The van der Waals surface area contributed by atoms with Crippen LogP contribution in [0, 0.1) is 0 Å². The van der Waals surface area contributed by atoms with Gasteiger partial charge in [0.25, 0.3) is 5.91 Å². The third-order valence-corrected chi connectivity index (χ3v) is 4.90. The topological polar surface area (TPSA) is 37.3 Å². The van der Waals surface area contributed by atoms with E-state index in [1.54, 1.807) is 0 Å². The number of carbonyl (C=O) groups excluding carboxylic acids is 1. The first-order valence-electron chi connectivity index (χ1n) is 8.84. The molecule has 1 amide bonds. The highest BCUT2D eigenvalue weighted by atomic mass is 16.1. The van der Waals surface area contributed by atoms with Crippen LogP contribution in [-0.2, 0) is 6.54 Å². The van der Waals surface area contributed by atoms with Crippen LogP contribution in [0.1, 0.15) is 43.5 Å². The van der Waals surface area contributed by atoms with E-state index in [-0.39, 0.29) is 5.91 Å². The van der Waals surface area contributed by atoms with E-state index in [4.69, 9.17) is 0 Å². The minimum Gasteiger partial charge on any atom is -0.350 e. The van der Waals surface area contributed by atoms with Crippen molar-refractivity contribution in [2.24, 2.45) is 0 Å². The number of nitrogens with zero attached hydrogens (tertiary/aromatic N) is 2. The monoisotopic (exact) mass is 313 g/mol. The van der Waals surface area contributed by atoms with Gasteiger partial charge in [-0.05, 0) is 38.4 Å². The Bertz CT molecular complexity index is 676. The fraction of sp³-hybridized carbons (Fsp3) is 0.526. The Labute approximate surface area is 138 Å². The molecule has 1 aromatic carbocycles. The van der Waals surface area contributed by atoms with E-state index in [1.807, 2.05) is 24.4 Å². The van der Waals surface area contributed by atoms with E-state index in [1.165, 1.54) is 12.8 Å². The molecule has 23 heavy (non-hydrogen) atoms. The quantitative estimate of drug-likeness (QED) is 0.889. The lowest BCUT2D eigenvalue weighted by Gasteiger charge is -2.22. The average Bonchev–Trinajstić information content (AvgIpc) is 3.18. The number of likely N-dealkylation sites (N-methyl/N-ethyl adjacent to an activating group) is 1. The number of para-hydroxylation sites is 1. The van der Waals surface area contributed by atoms with Crippen molar-refractivity contribution in [3.63, 3.8) is 0 Å². The summed E-state index contributed by atoms with van der Waals surface area (Å²) in [6, 6.07) is 8.67. The minimum atomic E-state index is 0.0546. The largest absolute Gasteiger partial charge is 0.350 e. The first-order valence-corrected chi connectivity index (χ1v) is 8.84. The number of amides is 1. The van der Waals surface area contributed by atoms with Gasteiger partial charge in [-0.3, -0.25) is 9.69 Å². The summed E-state index contributed by atoms with van der Waals surface area (Å²) in [5.41, 5.74) is 1.95. The standard InChI is InChI=1S/C19H27N3O/c1-3-11-22-14-17(16-9-5-6-10-18(16)22)19(23)20-13-15-8-7-12-21(15)4-2/h5-6,9-10,14-15H,3-4,7-8,11-13H2,1-2H3,(H,20,23)/t15-/m1/s1. The van der Waals surface area contributed by atoms with Crippen LogP contribution in [0.5, 0.6) is 0 Å². The van der Waals surface area contributed by atoms with Crippen LogP contribution in [0.25, 0.3) is 10.9 Å². The highest BCUT2D eigenvalue weighted by Gasteiger charge is 2.24. The molecule has 1 fully saturated rings. The summed E-state index contributed by atoms with van der Waals surface area (Å²) in [6.07, 6.45) is 5.50. The third-order valence-electron chi connectivity index (χ3n) is 4.90. The van der Waals surface area contributed by atoms with Gasteiger partial charge in [-0.2, -0.15) is 0 Å². The van der Waals surface area contributed by atoms with Crippen molar-refractivity contribution < 1.29 is 4.79 Å². The molecule has 0 saturated carbocycles. The highest BCUT2D eigenvalue weighted by molar-refractivity contribution is 6.07. The van der Waals surface area contributed by atoms with Gasteiger partial charge in [0, 0.05) is 36.2 Å². The van der Waals surface area contributed by atoms with E-state index in [0.717, 1.165) is 49.1 Å². The van der Waals surface area contributed by atoms with Crippen molar-refractivity contribution in [2.45, 2.75) is 45.7 Å². The molecule has 0 spiro atoms. The first kappa shape index (κ1) is 16.1. The molecule has 3 rings (SSSR count). The maximum atomic E-state index is 12.7. The molecule has 4 heteroatoms. The number of carbonyl (C=O) groups is 1. The molecular formula is C19H27N3O. The Morgan fingerprint density at radius 1 is 1.30 bits per heavy atom. The molecule has 1 N–H and O–H groups in total. The molecule has 2 heterocycles. The number of hydrogen-bond donors (Lipinski definition) is 1. The number of hydrogen-bond acceptors (Lipinski definition) is 2. The molecule has 1 aliphatic rings. The van der Waals surface area contributed by atoms with Crippen molar-refractivity contribution >= 4 is 16.8 Å². The maximum absolute atomic E-state index is 12.7. The third kappa shape index (κ3) is 3.27. The molecule has 124 valence electrons. The fourth-order valence-corrected chi connectivity index (χ4v) is 3.70. The van der Waals surface area contributed by atoms with Gasteiger partial charge in [0.15, 0.2) is 0 Å². The lowest BCUT2D eigenvalue weighted by Crippen LogP contribution is -2.40. The minimum absolute atomic E-state index is 0.0546. The smallest absolute Gasteiger partial charge is 0.253 e. The summed E-state index contributed by atoms with van der Waals surface area (Å²) in [5.74, 6) is 0.0546. The van der Waals surface area contributed by atoms with Crippen LogP contribution in [0.15, 0.2) is 30.5 Å². The zero-order valence-corrected chi connectivity index (χ0v) is 14.2. The van der Waals surface area contributed by atoms with E-state index >= 15 is 0 Å². The predicted molar refractivity (Wildman–Crippen MR) is 94.8 cm³/mol. The van der Waals surface area contributed by atoms with Crippen molar-refractivity contribution in [3.8, 4) is 0 Å². The zero-order chi connectivity index (χ0) is 16.2. The van der Waals surface area contributed by atoms with Crippen molar-refractivity contribution in [1.82, 2.24) is 14.8 Å². The summed E-state index contributed by atoms with van der Waals surface area (Å²) in [4.78, 5) is 15.1. The summed E-state index contributed by atoms with van der Waals surface area (Å²) in [6.45, 7) is 8.27. The second-order valence-corrected chi connectivity index (χ2v) is 6.39. The van der Waals surface area contributed by atoms with E-state index < -0.39 is 0 Å². The Kier molecular flexibility index (Phi) is 5.01. The van der Waals surface area contributed by atoms with Gasteiger partial charge in [0.2, 0.25) is 0 Å². The second kappa shape index (κ2) is 7.18. The second-order valence-electron chi connectivity index (χ2n) is 6.39. The molecule has 1 aromatic heterocycles. The summed E-state index contributed by atoms with van der Waals surface area (Å²) < 4.78 is 2.19. The Morgan fingerprint density at radius 3 is 2.91 bits per heavy atom. The fourth-order valence-electron chi connectivity index (χ4n) is 3.70. The number of fused-ring (bicyclic) bond motifs is 1. The number of rotatable bonds is 6. The Hall–Kier alpha value is -1.81. The Morgan fingerprint density at radius 2 is 2.13 bits per heavy atom. The lowest BCUT2D eigenvalue weighted by atomic mass is 10.1. The molecule has 4 nitrogen and oxygen atoms in total. The number of aryl methyl sites for hydroxylation is 1. The molecule has 0 aliphatic carbocycles. The molecule has 0 bridgehead atoms. The van der Waals surface area contributed by atoms with E-state index in [2.05, 4.69) is 34.7 Å². The molecule has 0 radical (unpaired) electrons. The van der Waals surface area contributed by atoms with Crippen molar-refractivity contribution in [2.75, 3.05) is 19.6 Å². The van der Waals surface area contributed by atoms with Gasteiger partial charge in [-0.1, -0.05) is 32.0 Å².